The first kappa shape index (κ1) is 14.1. The summed E-state index contributed by atoms with van der Waals surface area (Å²) in [6.45, 7) is 3.94. The Balaban J connectivity index is 2.51. The van der Waals surface area contributed by atoms with Crippen molar-refractivity contribution < 1.29 is 4.79 Å². The van der Waals surface area contributed by atoms with E-state index in [1.165, 1.54) is 5.56 Å². The lowest BCUT2D eigenvalue weighted by molar-refractivity contribution is -0.125. The predicted molar refractivity (Wildman–Crippen MR) is 73.2 cm³/mol. The van der Waals surface area contributed by atoms with Gasteiger partial charge in [-0.15, -0.1) is 11.8 Å². The molecule has 0 heterocycles. The third-order valence-corrected chi connectivity index (χ3v) is 3.32. The van der Waals surface area contributed by atoms with E-state index in [2.05, 4.69) is 24.4 Å². The van der Waals surface area contributed by atoms with Crippen molar-refractivity contribution >= 4 is 17.7 Å². The molecule has 0 saturated carbocycles. The zero-order valence-corrected chi connectivity index (χ0v) is 11.5. The van der Waals surface area contributed by atoms with Crippen LogP contribution in [0.5, 0.6) is 0 Å². The molecule has 0 bridgehead atoms. The number of nitrogens with one attached hydrogen (secondary N) is 1. The monoisotopic (exact) mass is 252 g/mol. The van der Waals surface area contributed by atoms with Gasteiger partial charge in [-0.05, 0) is 24.2 Å². The molecule has 0 spiro atoms. The average Bonchev–Trinajstić information content (AvgIpc) is 2.33. The Labute approximate surface area is 108 Å². The van der Waals surface area contributed by atoms with Gasteiger partial charge in [0.15, 0.2) is 0 Å². The second-order valence-electron chi connectivity index (χ2n) is 4.00. The van der Waals surface area contributed by atoms with Crippen LogP contribution < -0.4 is 5.32 Å². The minimum atomic E-state index is 0.145. The van der Waals surface area contributed by atoms with Crippen LogP contribution in [0.4, 0.5) is 0 Å². The topological polar surface area (TPSA) is 32.3 Å². The molecule has 0 saturated heterocycles. The molecule has 0 fully saturated rings. The van der Waals surface area contributed by atoms with E-state index in [-0.39, 0.29) is 5.91 Å². The van der Waals surface area contributed by atoms with Crippen LogP contribution in [0.2, 0.25) is 0 Å². The van der Waals surface area contributed by atoms with Crippen LogP contribution in [0.1, 0.15) is 12.5 Å². The molecule has 1 N–H and O–H groups in total. The Kier molecular flexibility index (Phi) is 6.08. The molecule has 1 amide bonds. The number of nitrogens with zero attached hydrogens (tertiary/aromatic N) is 1. The number of amides is 1. The van der Waals surface area contributed by atoms with Crippen molar-refractivity contribution in [3.05, 3.63) is 29.8 Å². The SMILES string of the molecule is CCNCc1cccc(SCC(=O)N(C)C)c1. The van der Waals surface area contributed by atoms with Crippen LogP contribution in [0.3, 0.4) is 0 Å². The number of thioether (sulfide) groups is 1. The van der Waals surface area contributed by atoms with Crippen LogP contribution in [-0.4, -0.2) is 37.2 Å². The molecule has 0 aliphatic heterocycles. The van der Waals surface area contributed by atoms with Gasteiger partial charge in [0.2, 0.25) is 5.91 Å². The van der Waals surface area contributed by atoms with Crippen molar-refractivity contribution in [2.45, 2.75) is 18.4 Å². The van der Waals surface area contributed by atoms with Gasteiger partial charge in [-0.3, -0.25) is 4.79 Å². The number of carbonyl (C=O) groups is 1. The number of benzene rings is 1. The van der Waals surface area contributed by atoms with Gasteiger partial charge in [0.05, 0.1) is 5.75 Å². The molecule has 1 aromatic carbocycles. The van der Waals surface area contributed by atoms with E-state index < -0.39 is 0 Å². The molecule has 1 aromatic rings. The van der Waals surface area contributed by atoms with E-state index in [4.69, 9.17) is 0 Å². The van der Waals surface area contributed by atoms with Gasteiger partial charge in [-0.25, -0.2) is 0 Å². The largest absolute Gasteiger partial charge is 0.348 e. The molecular weight excluding hydrogens is 232 g/mol. The second-order valence-corrected chi connectivity index (χ2v) is 5.05. The maximum absolute atomic E-state index is 11.5. The molecule has 0 atom stereocenters. The standard InChI is InChI=1S/C13H20N2OS/c1-4-14-9-11-6-5-7-12(8-11)17-10-13(16)15(2)3/h5-8,14H,4,9-10H2,1-3H3. The average molecular weight is 252 g/mol. The highest BCUT2D eigenvalue weighted by Gasteiger charge is 2.05. The summed E-state index contributed by atoms with van der Waals surface area (Å²) in [5.74, 6) is 0.643. The highest BCUT2D eigenvalue weighted by Crippen LogP contribution is 2.19. The maximum atomic E-state index is 11.5. The van der Waals surface area contributed by atoms with Crippen molar-refractivity contribution in [2.24, 2.45) is 0 Å². The van der Waals surface area contributed by atoms with Gasteiger partial charge in [0.25, 0.3) is 0 Å². The molecule has 3 nitrogen and oxygen atoms in total. The summed E-state index contributed by atoms with van der Waals surface area (Å²) in [6.07, 6.45) is 0. The summed E-state index contributed by atoms with van der Waals surface area (Å²) in [5, 5.41) is 3.29. The van der Waals surface area contributed by atoms with Crippen molar-refractivity contribution in [1.29, 1.82) is 0 Å². The molecule has 0 radical (unpaired) electrons. The highest BCUT2D eigenvalue weighted by atomic mass is 32.2. The summed E-state index contributed by atoms with van der Waals surface area (Å²) < 4.78 is 0. The van der Waals surface area contributed by atoms with E-state index in [1.54, 1.807) is 30.8 Å². The first-order valence-electron chi connectivity index (χ1n) is 5.76. The summed E-state index contributed by atoms with van der Waals surface area (Å²) in [4.78, 5) is 14.2. The number of rotatable bonds is 6. The van der Waals surface area contributed by atoms with E-state index in [0.29, 0.717) is 5.75 Å². The fraction of sp³-hybridized carbons (Fsp3) is 0.462. The van der Waals surface area contributed by atoms with Crippen molar-refractivity contribution in [3.63, 3.8) is 0 Å². The van der Waals surface area contributed by atoms with Gasteiger partial charge in [-0.1, -0.05) is 19.1 Å². The quantitative estimate of drug-likeness (QED) is 0.786. The molecule has 1 rings (SSSR count). The molecule has 4 heteroatoms. The minimum absolute atomic E-state index is 0.145. The van der Waals surface area contributed by atoms with Crippen LogP contribution in [0.15, 0.2) is 29.2 Å². The number of hydrogen-bond donors (Lipinski definition) is 1. The number of carbonyl (C=O) groups excluding carboxylic acids is 1. The molecule has 94 valence electrons. The van der Waals surface area contributed by atoms with Gasteiger partial charge < -0.3 is 10.2 Å². The summed E-state index contributed by atoms with van der Waals surface area (Å²) in [5.41, 5.74) is 1.26. The van der Waals surface area contributed by atoms with Crippen molar-refractivity contribution in [3.8, 4) is 0 Å². The van der Waals surface area contributed by atoms with Crippen LogP contribution in [-0.2, 0) is 11.3 Å². The molecular formula is C13H20N2OS. The van der Waals surface area contributed by atoms with Gasteiger partial charge in [0.1, 0.15) is 0 Å². The zero-order valence-electron chi connectivity index (χ0n) is 10.7. The summed E-state index contributed by atoms with van der Waals surface area (Å²) >= 11 is 1.59. The minimum Gasteiger partial charge on any atom is -0.348 e. The van der Waals surface area contributed by atoms with Crippen LogP contribution >= 0.6 is 11.8 Å². The molecule has 0 aliphatic carbocycles. The number of hydrogen-bond acceptors (Lipinski definition) is 3. The van der Waals surface area contributed by atoms with E-state index in [1.807, 2.05) is 12.1 Å². The predicted octanol–water partition coefficient (Wildman–Crippen LogP) is 1.98. The Hall–Kier alpha value is -1.00. The first-order chi connectivity index (χ1) is 8.13. The normalized spacial score (nSPS) is 10.3. The molecule has 0 aliphatic rings. The fourth-order valence-electron chi connectivity index (χ4n) is 1.29. The zero-order chi connectivity index (χ0) is 12.7. The highest BCUT2D eigenvalue weighted by molar-refractivity contribution is 8.00. The van der Waals surface area contributed by atoms with Gasteiger partial charge in [0, 0.05) is 25.5 Å². The first-order valence-corrected chi connectivity index (χ1v) is 6.74. The third kappa shape index (κ3) is 5.24. The lowest BCUT2D eigenvalue weighted by Gasteiger charge is -2.10. The second kappa shape index (κ2) is 7.35. The van der Waals surface area contributed by atoms with E-state index >= 15 is 0 Å². The van der Waals surface area contributed by atoms with Crippen LogP contribution in [0.25, 0.3) is 0 Å². The van der Waals surface area contributed by atoms with E-state index in [0.717, 1.165) is 18.0 Å². The van der Waals surface area contributed by atoms with Crippen molar-refractivity contribution in [1.82, 2.24) is 10.2 Å². The van der Waals surface area contributed by atoms with Gasteiger partial charge >= 0.3 is 0 Å². The summed E-state index contributed by atoms with van der Waals surface area (Å²) in [7, 11) is 3.56. The lowest BCUT2D eigenvalue weighted by atomic mass is 10.2. The molecule has 17 heavy (non-hydrogen) atoms. The van der Waals surface area contributed by atoms with Gasteiger partial charge in [-0.2, -0.15) is 0 Å². The third-order valence-electron chi connectivity index (χ3n) is 2.34. The Morgan fingerprint density at radius 2 is 2.18 bits per heavy atom. The molecule has 0 aromatic heterocycles. The Morgan fingerprint density at radius 1 is 1.41 bits per heavy atom. The maximum Gasteiger partial charge on any atom is 0.232 e. The lowest BCUT2D eigenvalue weighted by Crippen LogP contribution is -2.23. The Bertz CT molecular complexity index is 366. The molecule has 0 unspecified atom stereocenters. The summed E-state index contributed by atoms with van der Waals surface area (Å²) in [6, 6.07) is 8.31. The fourth-order valence-corrected chi connectivity index (χ4v) is 2.25. The van der Waals surface area contributed by atoms with Crippen molar-refractivity contribution in [2.75, 3.05) is 26.4 Å². The smallest absolute Gasteiger partial charge is 0.232 e. The Morgan fingerprint density at radius 3 is 2.82 bits per heavy atom. The van der Waals surface area contributed by atoms with Crippen LogP contribution in [0, 0.1) is 0 Å². The van der Waals surface area contributed by atoms with E-state index in [9.17, 15) is 4.79 Å².